The van der Waals surface area contributed by atoms with Crippen molar-refractivity contribution in [3.05, 3.63) is 76.3 Å². The number of rotatable bonds is 9. The number of aryl methyl sites for hydroxylation is 2. The van der Waals surface area contributed by atoms with Gasteiger partial charge in [0.25, 0.3) is 0 Å². The first-order valence-corrected chi connectivity index (χ1v) is 12.0. The Bertz CT molecular complexity index is 1160. The maximum absolute atomic E-state index is 13.7. The van der Waals surface area contributed by atoms with E-state index >= 15 is 0 Å². The number of hydrogen-bond acceptors (Lipinski definition) is 6. The van der Waals surface area contributed by atoms with Gasteiger partial charge in [-0.25, -0.2) is 4.39 Å². The number of hydrogen-bond donors (Lipinski definition) is 2. The summed E-state index contributed by atoms with van der Waals surface area (Å²) in [6.07, 6.45) is -0.548. The van der Waals surface area contributed by atoms with Crippen molar-refractivity contribution in [3.8, 4) is 11.5 Å². The molecule has 1 aliphatic rings. The van der Waals surface area contributed by atoms with Crippen molar-refractivity contribution in [2.24, 2.45) is 0 Å². The van der Waals surface area contributed by atoms with Crippen LogP contribution in [-0.2, 0) is 13.1 Å². The lowest BCUT2D eigenvalue weighted by molar-refractivity contribution is -0.140. The molecule has 2 aromatic carbocycles. The molecule has 2 heterocycles. The summed E-state index contributed by atoms with van der Waals surface area (Å²) in [5.41, 5.74) is 1.64. The molecule has 7 nitrogen and oxygen atoms in total. The minimum atomic E-state index is -1.48. The molecular formula is C26H31ClFN3O4. The highest BCUT2D eigenvalue weighted by molar-refractivity contribution is 6.30. The molecule has 0 radical (unpaired) electrons. The third-order valence-corrected chi connectivity index (χ3v) is 6.50. The van der Waals surface area contributed by atoms with Crippen LogP contribution in [-0.4, -0.2) is 62.9 Å². The summed E-state index contributed by atoms with van der Waals surface area (Å²) in [4.78, 5) is 2.06. The van der Waals surface area contributed by atoms with Crippen LogP contribution in [0.25, 0.3) is 0 Å². The van der Waals surface area contributed by atoms with Gasteiger partial charge in [0.1, 0.15) is 36.1 Å². The number of aromatic nitrogens is 2. The lowest BCUT2D eigenvalue weighted by Crippen LogP contribution is -2.59. The van der Waals surface area contributed by atoms with Crippen LogP contribution < -0.4 is 9.47 Å². The zero-order chi connectivity index (χ0) is 25.0. The Morgan fingerprint density at radius 2 is 1.94 bits per heavy atom. The first-order valence-electron chi connectivity index (χ1n) is 11.7. The second-order valence-electron chi connectivity index (χ2n) is 9.13. The smallest absolute Gasteiger partial charge is 0.145 e. The van der Waals surface area contributed by atoms with Crippen LogP contribution in [0.2, 0.25) is 5.02 Å². The quantitative estimate of drug-likeness (QED) is 0.463. The molecule has 4 rings (SSSR count). The van der Waals surface area contributed by atoms with E-state index in [0.717, 1.165) is 22.7 Å². The van der Waals surface area contributed by atoms with Crippen LogP contribution >= 0.6 is 11.6 Å². The van der Waals surface area contributed by atoms with Gasteiger partial charge in [0.15, 0.2) is 0 Å². The molecule has 1 fully saturated rings. The van der Waals surface area contributed by atoms with Gasteiger partial charge in [0, 0.05) is 31.4 Å². The van der Waals surface area contributed by atoms with E-state index in [9.17, 15) is 14.6 Å². The first kappa shape index (κ1) is 25.4. The minimum Gasteiger partial charge on any atom is -0.492 e. The molecule has 2 atom stereocenters. The van der Waals surface area contributed by atoms with Crippen LogP contribution in [0.3, 0.4) is 0 Å². The topological polar surface area (TPSA) is 80.0 Å². The van der Waals surface area contributed by atoms with Gasteiger partial charge in [-0.05, 0) is 56.2 Å². The average molecular weight is 504 g/mol. The van der Waals surface area contributed by atoms with Gasteiger partial charge in [-0.15, -0.1) is 0 Å². The highest BCUT2D eigenvalue weighted by Gasteiger charge is 2.42. The second kappa shape index (κ2) is 11.0. The summed E-state index contributed by atoms with van der Waals surface area (Å²) in [5, 5.41) is 26.0. The lowest BCUT2D eigenvalue weighted by atomic mass is 9.90. The van der Waals surface area contributed by atoms with E-state index in [0.29, 0.717) is 32.7 Å². The molecular weight excluding hydrogens is 473 g/mol. The molecule has 1 aromatic heterocycles. The summed E-state index contributed by atoms with van der Waals surface area (Å²) >= 11 is 5.71. The molecule has 0 aliphatic carbocycles. The van der Waals surface area contributed by atoms with E-state index in [4.69, 9.17) is 21.1 Å². The fourth-order valence-corrected chi connectivity index (χ4v) is 4.46. The Labute approximate surface area is 209 Å². The predicted octanol–water partition coefficient (Wildman–Crippen LogP) is 3.75. The van der Waals surface area contributed by atoms with Gasteiger partial charge in [-0.1, -0.05) is 23.7 Å². The Balaban J connectivity index is 1.32. The number of β-amino-alcohol motifs (C(OH)–C–C–N with tert-alkyl or cyclic N) is 1. The SMILES string of the molecule is Cc1cc(C)n(CCOc2cccc(CN3CC[C@H](O)[C@@](O)(COc4ccc(Cl)c(F)c4)C3)c2)n1. The monoisotopic (exact) mass is 503 g/mol. The van der Waals surface area contributed by atoms with Crippen LogP contribution in [0.4, 0.5) is 4.39 Å². The number of benzene rings is 2. The number of likely N-dealkylation sites (tertiary alicyclic amines) is 1. The highest BCUT2D eigenvalue weighted by atomic mass is 35.5. The number of nitrogens with zero attached hydrogens (tertiary/aromatic N) is 3. The molecule has 1 saturated heterocycles. The van der Waals surface area contributed by atoms with Gasteiger partial charge in [-0.2, -0.15) is 5.10 Å². The normalized spacial score (nSPS) is 20.7. The molecule has 188 valence electrons. The molecule has 9 heteroatoms. The van der Waals surface area contributed by atoms with Gasteiger partial charge < -0.3 is 19.7 Å². The van der Waals surface area contributed by atoms with E-state index in [1.54, 1.807) is 0 Å². The molecule has 0 amide bonds. The van der Waals surface area contributed by atoms with Gasteiger partial charge >= 0.3 is 0 Å². The Hall–Kier alpha value is -2.65. The number of aliphatic hydroxyl groups excluding tert-OH is 1. The lowest BCUT2D eigenvalue weighted by Gasteiger charge is -2.42. The second-order valence-corrected chi connectivity index (χ2v) is 9.54. The fraction of sp³-hybridized carbons (Fsp3) is 0.423. The summed E-state index contributed by atoms with van der Waals surface area (Å²) in [7, 11) is 0. The maximum Gasteiger partial charge on any atom is 0.145 e. The number of aliphatic hydroxyl groups is 2. The molecule has 1 aliphatic heterocycles. The van der Waals surface area contributed by atoms with Crippen molar-refractivity contribution in [2.45, 2.75) is 45.1 Å². The average Bonchev–Trinajstić information content (AvgIpc) is 3.14. The van der Waals surface area contributed by atoms with Crippen molar-refractivity contribution in [1.82, 2.24) is 14.7 Å². The van der Waals surface area contributed by atoms with Crippen LogP contribution in [0.5, 0.6) is 11.5 Å². The van der Waals surface area contributed by atoms with Crippen molar-refractivity contribution in [1.29, 1.82) is 0 Å². The third-order valence-electron chi connectivity index (χ3n) is 6.20. The van der Waals surface area contributed by atoms with Gasteiger partial charge in [-0.3, -0.25) is 9.58 Å². The zero-order valence-corrected chi connectivity index (χ0v) is 20.7. The van der Waals surface area contributed by atoms with Crippen molar-refractivity contribution < 1.29 is 24.1 Å². The molecule has 0 spiro atoms. The van der Waals surface area contributed by atoms with E-state index in [1.165, 1.54) is 18.2 Å². The van der Waals surface area contributed by atoms with Gasteiger partial charge in [0.2, 0.25) is 0 Å². The van der Waals surface area contributed by atoms with Crippen LogP contribution in [0.15, 0.2) is 48.5 Å². The van der Waals surface area contributed by atoms with E-state index in [-0.39, 0.29) is 23.9 Å². The molecule has 0 saturated carbocycles. The molecule has 0 unspecified atom stereocenters. The standard InChI is InChI=1S/C26H31ClFN3O4/c1-18-12-19(2)31(29-18)10-11-34-21-5-3-4-20(13-21)15-30-9-8-25(32)26(33,16-30)17-35-22-6-7-23(27)24(28)14-22/h3-7,12-14,25,32-33H,8-11,15-17H2,1-2H3/t25-,26-/m0/s1. The molecule has 2 N–H and O–H groups in total. The number of ether oxygens (including phenoxy) is 2. The minimum absolute atomic E-state index is 0.00209. The summed E-state index contributed by atoms with van der Waals surface area (Å²) in [5.74, 6) is 0.415. The van der Waals surface area contributed by atoms with E-state index in [1.807, 2.05) is 48.9 Å². The highest BCUT2D eigenvalue weighted by Crippen LogP contribution is 2.27. The third kappa shape index (κ3) is 6.52. The van der Waals surface area contributed by atoms with Crippen molar-refractivity contribution in [3.63, 3.8) is 0 Å². The Kier molecular flexibility index (Phi) is 7.96. The van der Waals surface area contributed by atoms with Crippen molar-refractivity contribution in [2.75, 3.05) is 26.3 Å². The van der Waals surface area contributed by atoms with Crippen LogP contribution in [0.1, 0.15) is 23.4 Å². The number of halogens is 2. The summed E-state index contributed by atoms with van der Waals surface area (Å²) in [6.45, 7) is 6.42. The Morgan fingerprint density at radius 3 is 2.69 bits per heavy atom. The summed E-state index contributed by atoms with van der Waals surface area (Å²) in [6, 6.07) is 14.0. The van der Waals surface area contributed by atoms with E-state index < -0.39 is 17.5 Å². The molecule has 3 aromatic rings. The van der Waals surface area contributed by atoms with Gasteiger partial charge in [0.05, 0.1) is 23.4 Å². The fourth-order valence-electron chi connectivity index (χ4n) is 4.34. The largest absolute Gasteiger partial charge is 0.492 e. The maximum atomic E-state index is 13.7. The predicted molar refractivity (Wildman–Crippen MR) is 131 cm³/mol. The van der Waals surface area contributed by atoms with Crippen LogP contribution in [0, 0.1) is 19.7 Å². The Morgan fingerprint density at radius 1 is 1.14 bits per heavy atom. The van der Waals surface area contributed by atoms with E-state index in [2.05, 4.69) is 10.00 Å². The zero-order valence-electron chi connectivity index (χ0n) is 20.0. The molecule has 0 bridgehead atoms. The molecule has 35 heavy (non-hydrogen) atoms. The number of piperidine rings is 1. The summed E-state index contributed by atoms with van der Waals surface area (Å²) < 4.78 is 27.2. The van der Waals surface area contributed by atoms with Crippen molar-refractivity contribution >= 4 is 11.6 Å². The first-order chi connectivity index (χ1) is 16.7.